The van der Waals surface area contributed by atoms with E-state index in [2.05, 4.69) is 30.5 Å². The smallest absolute Gasteiger partial charge is 0.322 e. The number of amides is 3. The van der Waals surface area contributed by atoms with Gasteiger partial charge in [0.15, 0.2) is 5.16 Å². The number of benzene rings is 1. The fourth-order valence-corrected chi connectivity index (χ4v) is 4.79. The highest BCUT2D eigenvalue weighted by Crippen LogP contribution is 2.24. The van der Waals surface area contributed by atoms with Crippen molar-refractivity contribution in [3.8, 4) is 0 Å². The predicted octanol–water partition coefficient (Wildman–Crippen LogP) is 3.98. The van der Waals surface area contributed by atoms with Crippen LogP contribution < -0.4 is 15.5 Å². The maximum absolute atomic E-state index is 12.8. The number of hydrogen-bond donors (Lipinski definition) is 2. The van der Waals surface area contributed by atoms with Gasteiger partial charge in [0, 0.05) is 56.4 Å². The zero-order chi connectivity index (χ0) is 25.5. The lowest BCUT2D eigenvalue weighted by Gasteiger charge is -2.40. The van der Waals surface area contributed by atoms with E-state index < -0.39 is 0 Å². The molecule has 1 atom stereocenters. The van der Waals surface area contributed by atoms with Crippen molar-refractivity contribution in [1.82, 2.24) is 25.2 Å². The number of hydrogen-bond acceptors (Lipinski definition) is 7. The van der Waals surface area contributed by atoms with E-state index in [1.165, 1.54) is 11.8 Å². The van der Waals surface area contributed by atoms with E-state index in [1.807, 2.05) is 55.1 Å². The average molecular weight is 526 g/mol. The monoisotopic (exact) mass is 525 g/mol. The first-order valence-electron chi connectivity index (χ1n) is 11.6. The van der Waals surface area contributed by atoms with Crippen LogP contribution in [0.4, 0.5) is 16.3 Å². The number of urea groups is 1. The number of carbonyl (C=O) groups is 2. The Morgan fingerprint density at radius 3 is 2.78 bits per heavy atom. The van der Waals surface area contributed by atoms with Crippen LogP contribution in [0.1, 0.15) is 18.1 Å². The summed E-state index contributed by atoms with van der Waals surface area (Å²) in [5.74, 6) is 0.721. The molecular weight excluding hydrogens is 498 g/mol. The van der Waals surface area contributed by atoms with Crippen LogP contribution in [0.2, 0.25) is 5.15 Å². The summed E-state index contributed by atoms with van der Waals surface area (Å²) in [5, 5.41) is 6.58. The van der Waals surface area contributed by atoms with Gasteiger partial charge in [0.2, 0.25) is 5.91 Å². The zero-order valence-corrected chi connectivity index (χ0v) is 21.7. The van der Waals surface area contributed by atoms with Gasteiger partial charge >= 0.3 is 6.03 Å². The minimum Gasteiger partial charge on any atom is -0.353 e. The van der Waals surface area contributed by atoms with Crippen LogP contribution in [0, 0.1) is 6.92 Å². The Labute approximate surface area is 219 Å². The molecule has 0 spiro atoms. The fourth-order valence-electron chi connectivity index (χ4n) is 3.88. The van der Waals surface area contributed by atoms with Gasteiger partial charge in [-0.15, -0.1) is 0 Å². The average Bonchev–Trinajstić information content (AvgIpc) is 2.86. The standard InChI is InChI=1S/C25H28ClN7O2S/c1-17-5-3-7-20(11-17)29-25(35)33-10-9-32(15-18(33)2)22-12-21(26)30-24(31-22)36-16-23(34)28-14-19-6-4-8-27-13-19/h3-8,11-13,18H,9-10,14-16H2,1-2H3,(H,28,34)(H,29,35). The number of nitrogens with one attached hydrogen (secondary N) is 2. The molecule has 3 amide bonds. The maximum Gasteiger partial charge on any atom is 0.322 e. The Bertz CT molecular complexity index is 1210. The number of halogens is 1. The van der Waals surface area contributed by atoms with Crippen molar-refractivity contribution in [2.75, 3.05) is 35.6 Å². The summed E-state index contributed by atoms with van der Waals surface area (Å²) in [7, 11) is 0. The lowest BCUT2D eigenvalue weighted by atomic mass is 10.2. The molecule has 0 aliphatic carbocycles. The first-order chi connectivity index (χ1) is 17.4. The van der Waals surface area contributed by atoms with Crippen LogP contribution in [0.5, 0.6) is 0 Å². The SMILES string of the molecule is Cc1cccc(NC(=O)N2CCN(c3cc(Cl)nc(SCC(=O)NCc4cccnc4)n3)CC2C)c1. The van der Waals surface area contributed by atoms with Gasteiger partial charge in [0.25, 0.3) is 0 Å². The van der Waals surface area contributed by atoms with E-state index in [0.717, 1.165) is 16.8 Å². The quantitative estimate of drug-likeness (QED) is 0.273. The molecule has 3 heterocycles. The molecule has 1 saturated heterocycles. The normalized spacial score (nSPS) is 15.5. The molecule has 2 N–H and O–H groups in total. The molecule has 36 heavy (non-hydrogen) atoms. The molecule has 11 heteroatoms. The van der Waals surface area contributed by atoms with E-state index in [4.69, 9.17) is 11.6 Å². The van der Waals surface area contributed by atoms with Gasteiger partial charge in [-0.1, -0.05) is 41.6 Å². The largest absolute Gasteiger partial charge is 0.353 e. The molecule has 1 fully saturated rings. The fraction of sp³-hybridized carbons (Fsp3) is 0.320. The minimum absolute atomic E-state index is 0.0355. The van der Waals surface area contributed by atoms with Gasteiger partial charge in [-0.3, -0.25) is 9.78 Å². The van der Waals surface area contributed by atoms with Gasteiger partial charge in [-0.05, 0) is 43.2 Å². The van der Waals surface area contributed by atoms with E-state index in [-0.39, 0.29) is 23.7 Å². The molecule has 2 aromatic heterocycles. The Balaban J connectivity index is 1.31. The Hall–Kier alpha value is -3.37. The van der Waals surface area contributed by atoms with E-state index in [1.54, 1.807) is 18.5 Å². The molecule has 0 saturated carbocycles. The number of anilines is 2. The third kappa shape index (κ3) is 7.08. The number of aryl methyl sites for hydroxylation is 1. The van der Waals surface area contributed by atoms with Crippen molar-refractivity contribution >= 4 is 46.8 Å². The number of thioether (sulfide) groups is 1. The van der Waals surface area contributed by atoms with Gasteiger partial charge < -0.3 is 20.4 Å². The molecule has 1 aromatic carbocycles. The third-order valence-corrected chi connectivity index (χ3v) is 6.73. The van der Waals surface area contributed by atoms with Crippen molar-refractivity contribution in [3.63, 3.8) is 0 Å². The van der Waals surface area contributed by atoms with Crippen molar-refractivity contribution in [1.29, 1.82) is 0 Å². The molecule has 0 radical (unpaired) electrons. The number of piperazine rings is 1. The van der Waals surface area contributed by atoms with Crippen LogP contribution in [0.15, 0.2) is 60.0 Å². The molecule has 188 valence electrons. The van der Waals surface area contributed by atoms with E-state index in [9.17, 15) is 9.59 Å². The van der Waals surface area contributed by atoms with Gasteiger partial charge in [-0.2, -0.15) is 0 Å². The number of carbonyl (C=O) groups excluding carboxylic acids is 2. The predicted molar refractivity (Wildman–Crippen MR) is 142 cm³/mol. The highest BCUT2D eigenvalue weighted by atomic mass is 35.5. The van der Waals surface area contributed by atoms with Crippen LogP contribution >= 0.6 is 23.4 Å². The van der Waals surface area contributed by atoms with Crippen LogP contribution in [-0.4, -0.2) is 63.2 Å². The molecule has 1 aliphatic rings. The number of nitrogens with zero attached hydrogens (tertiary/aromatic N) is 5. The van der Waals surface area contributed by atoms with Crippen molar-refractivity contribution < 1.29 is 9.59 Å². The summed E-state index contributed by atoms with van der Waals surface area (Å²) in [5.41, 5.74) is 2.80. The number of aromatic nitrogens is 3. The van der Waals surface area contributed by atoms with Gasteiger partial charge in [0.1, 0.15) is 11.0 Å². The van der Waals surface area contributed by atoms with Gasteiger partial charge in [0.05, 0.1) is 5.75 Å². The topological polar surface area (TPSA) is 103 Å². The molecule has 1 unspecified atom stereocenters. The summed E-state index contributed by atoms with van der Waals surface area (Å²) >= 11 is 7.50. The number of pyridine rings is 1. The molecule has 4 rings (SSSR count). The van der Waals surface area contributed by atoms with Crippen LogP contribution in [0.3, 0.4) is 0 Å². The summed E-state index contributed by atoms with van der Waals surface area (Å²) < 4.78 is 0. The second kappa shape index (κ2) is 12.0. The second-order valence-electron chi connectivity index (χ2n) is 8.55. The van der Waals surface area contributed by atoms with Crippen LogP contribution in [-0.2, 0) is 11.3 Å². The van der Waals surface area contributed by atoms with E-state index >= 15 is 0 Å². The zero-order valence-electron chi connectivity index (χ0n) is 20.1. The first-order valence-corrected chi connectivity index (χ1v) is 13.0. The Morgan fingerprint density at radius 2 is 2.03 bits per heavy atom. The highest BCUT2D eigenvalue weighted by Gasteiger charge is 2.28. The lowest BCUT2D eigenvalue weighted by molar-refractivity contribution is -0.118. The first kappa shape index (κ1) is 25.7. The molecular formula is C25H28ClN7O2S. The molecule has 9 nitrogen and oxygen atoms in total. The Morgan fingerprint density at radius 1 is 1.17 bits per heavy atom. The second-order valence-corrected chi connectivity index (χ2v) is 9.88. The van der Waals surface area contributed by atoms with Crippen molar-refractivity contribution in [2.24, 2.45) is 0 Å². The summed E-state index contributed by atoms with van der Waals surface area (Å²) in [6.45, 7) is 6.16. The molecule has 0 bridgehead atoms. The molecule has 1 aliphatic heterocycles. The van der Waals surface area contributed by atoms with Gasteiger partial charge in [-0.25, -0.2) is 14.8 Å². The van der Waals surface area contributed by atoms with Crippen LogP contribution in [0.25, 0.3) is 0 Å². The maximum atomic E-state index is 12.8. The third-order valence-electron chi connectivity index (χ3n) is 5.69. The lowest BCUT2D eigenvalue weighted by Crippen LogP contribution is -2.55. The highest BCUT2D eigenvalue weighted by molar-refractivity contribution is 7.99. The summed E-state index contributed by atoms with van der Waals surface area (Å²) in [6, 6.07) is 13.0. The molecule has 3 aromatic rings. The van der Waals surface area contributed by atoms with E-state index in [0.29, 0.717) is 42.3 Å². The number of rotatable bonds is 7. The van der Waals surface area contributed by atoms with Crippen molar-refractivity contribution in [3.05, 3.63) is 71.1 Å². The summed E-state index contributed by atoms with van der Waals surface area (Å²) in [6.07, 6.45) is 3.41. The summed E-state index contributed by atoms with van der Waals surface area (Å²) in [4.78, 5) is 41.9. The minimum atomic E-state index is -0.129. The van der Waals surface area contributed by atoms with Crippen molar-refractivity contribution in [2.45, 2.75) is 31.6 Å². The Kier molecular flexibility index (Phi) is 8.61.